The van der Waals surface area contributed by atoms with Crippen LogP contribution in [0.5, 0.6) is 0 Å². The minimum atomic E-state index is -0.608. The number of H-pyrrole nitrogens is 1. The molecule has 1 aliphatic heterocycles. The molecule has 0 saturated heterocycles. The van der Waals surface area contributed by atoms with Gasteiger partial charge in [-0.05, 0) is 29.8 Å². The first-order valence-electron chi connectivity index (χ1n) is 6.38. The van der Waals surface area contributed by atoms with Gasteiger partial charge in [-0.2, -0.15) is 5.48 Å². The number of hydrogen-bond donors (Lipinski definition) is 2. The highest BCUT2D eigenvalue weighted by Gasteiger charge is 2.17. The van der Waals surface area contributed by atoms with E-state index in [9.17, 15) is 9.59 Å². The molecule has 5 heteroatoms. The predicted molar refractivity (Wildman–Crippen MR) is 76.7 cm³/mol. The molecular formula is C16H12N2O3. The lowest BCUT2D eigenvalue weighted by Crippen LogP contribution is -2.27. The molecule has 0 bridgehead atoms. The Morgan fingerprint density at radius 3 is 2.57 bits per heavy atom. The van der Waals surface area contributed by atoms with Crippen LogP contribution >= 0.6 is 0 Å². The Balaban J connectivity index is 1.69. The lowest BCUT2D eigenvalue weighted by atomic mass is 10.2. The predicted octanol–water partition coefficient (Wildman–Crippen LogP) is 2.62. The quantitative estimate of drug-likeness (QED) is 0.709. The summed E-state index contributed by atoms with van der Waals surface area (Å²) in [5.41, 5.74) is 4.58. The summed E-state index contributed by atoms with van der Waals surface area (Å²) >= 11 is 0. The molecule has 0 aromatic heterocycles. The Hall–Kier alpha value is -3.08. The molecule has 2 aliphatic rings. The Morgan fingerprint density at radius 2 is 1.76 bits per heavy atom. The smallest absolute Gasteiger partial charge is 0.361 e. The van der Waals surface area contributed by atoms with Crippen molar-refractivity contribution >= 4 is 11.9 Å². The topological polar surface area (TPSA) is 71.2 Å². The van der Waals surface area contributed by atoms with E-state index in [1.54, 1.807) is 42.6 Å². The van der Waals surface area contributed by atoms with Gasteiger partial charge < -0.3 is 9.82 Å². The van der Waals surface area contributed by atoms with Gasteiger partial charge in [0.05, 0.1) is 16.8 Å². The zero-order chi connectivity index (χ0) is 14.7. The lowest BCUT2D eigenvalue weighted by Gasteiger charge is -2.06. The van der Waals surface area contributed by atoms with Gasteiger partial charge in [0.25, 0.3) is 5.91 Å². The summed E-state index contributed by atoms with van der Waals surface area (Å²) in [6.07, 6.45) is 1.73. The monoisotopic (exact) mass is 280 g/mol. The molecular weight excluding hydrogens is 268 g/mol. The zero-order valence-corrected chi connectivity index (χ0v) is 11.0. The number of benzene rings is 1. The van der Waals surface area contributed by atoms with Gasteiger partial charge in [-0.1, -0.05) is 30.3 Å². The van der Waals surface area contributed by atoms with E-state index in [0.717, 1.165) is 5.56 Å². The van der Waals surface area contributed by atoms with Crippen LogP contribution in [-0.4, -0.2) is 16.9 Å². The number of hydrogen-bond acceptors (Lipinski definition) is 3. The van der Waals surface area contributed by atoms with Crippen molar-refractivity contribution in [2.45, 2.75) is 0 Å². The molecule has 21 heavy (non-hydrogen) atoms. The van der Waals surface area contributed by atoms with Crippen molar-refractivity contribution in [2.75, 3.05) is 0 Å². The molecule has 1 amide bonds. The lowest BCUT2D eigenvalue weighted by molar-refractivity contribution is 0.0230. The molecule has 1 aromatic rings. The molecule has 0 spiro atoms. The van der Waals surface area contributed by atoms with Gasteiger partial charge >= 0.3 is 5.97 Å². The molecule has 1 aromatic carbocycles. The van der Waals surface area contributed by atoms with E-state index in [0.29, 0.717) is 16.8 Å². The third kappa shape index (κ3) is 2.62. The number of aromatic nitrogens is 1. The zero-order valence-electron chi connectivity index (χ0n) is 11.0. The SMILES string of the molecule is O=C(ONC(=O)c1ccc2ccc[nH]c1-2)c1ccccc1. The van der Waals surface area contributed by atoms with Crippen LogP contribution in [0.1, 0.15) is 20.7 Å². The highest BCUT2D eigenvalue weighted by molar-refractivity contribution is 6.01. The molecule has 104 valence electrons. The average molecular weight is 280 g/mol. The highest BCUT2D eigenvalue weighted by Crippen LogP contribution is 2.24. The first-order valence-corrected chi connectivity index (χ1v) is 6.38. The minimum absolute atomic E-state index is 0.372. The number of amides is 1. The highest BCUT2D eigenvalue weighted by atomic mass is 16.7. The Morgan fingerprint density at radius 1 is 0.952 bits per heavy atom. The summed E-state index contributed by atoms with van der Waals surface area (Å²) in [6.45, 7) is 0. The fourth-order valence-corrected chi connectivity index (χ4v) is 2.05. The molecule has 0 saturated carbocycles. The molecule has 1 aliphatic carbocycles. The second-order valence-corrected chi connectivity index (χ2v) is 4.43. The van der Waals surface area contributed by atoms with Crippen molar-refractivity contribution in [1.82, 2.24) is 10.5 Å². The van der Waals surface area contributed by atoms with Crippen LogP contribution in [-0.2, 0) is 4.84 Å². The summed E-state index contributed by atoms with van der Waals surface area (Å²) in [7, 11) is 0. The van der Waals surface area contributed by atoms with Crippen LogP contribution in [0, 0.1) is 0 Å². The third-order valence-electron chi connectivity index (χ3n) is 3.08. The number of nitrogens with one attached hydrogen (secondary N) is 2. The van der Waals surface area contributed by atoms with Gasteiger partial charge in [0.15, 0.2) is 0 Å². The van der Waals surface area contributed by atoms with Crippen molar-refractivity contribution < 1.29 is 14.4 Å². The maximum absolute atomic E-state index is 12.0. The summed E-state index contributed by atoms with van der Waals surface area (Å²) in [4.78, 5) is 31.6. The fraction of sp³-hybridized carbons (Fsp3) is 0. The van der Waals surface area contributed by atoms with Gasteiger partial charge in [-0.3, -0.25) is 4.79 Å². The van der Waals surface area contributed by atoms with Crippen LogP contribution < -0.4 is 5.48 Å². The number of hydroxylamine groups is 1. The number of aromatic amines is 1. The number of carbonyl (C=O) groups excluding carboxylic acids is 2. The summed E-state index contributed by atoms with van der Waals surface area (Å²) in [5.74, 6) is -1.08. The van der Waals surface area contributed by atoms with Crippen LogP contribution in [0.2, 0.25) is 0 Å². The summed E-state index contributed by atoms with van der Waals surface area (Å²) in [6, 6.07) is 15.7. The minimum Gasteiger partial charge on any atom is -0.361 e. The van der Waals surface area contributed by atoms with Gasteiger partial charge in [-0.25, -0.2) is 4.79 Å². The first-order chi connectivity index (χ1) is 10.3. The number of carbonyl (C=O) groups is 2. The molecule has 0 radical (unpaired) electrons. The van der Waals surface area contributed by atoms with Crippen LogP contribution in [0.4, 0.5) is 0 Å². The maximum Gasteiger partial charge on any atom is 0.362 e. The average Bonchev–Trinajstić information content (AvgIpc) is 2.97. The van der Waals surface area contributed by atoms with Crippen molar-refractivity contribution in [1.29, 1.82) is 0 Å². The van der Waals surface area contributed by atoms with E-state index >= 15 is 0 Å². The second kappa shape index (κ2) is 5.50. The Bertz CT molecular complexity index is 749. The Kier molecular flexibility index (Phi) is 3.39. The van der Waals surface area contributed by atoms with E-state index in [4.69, 9.17) is 4.84 Å². The third-order valence-corrected chi connectivity index (χ3v) is 3.08. The second-order valence-electron chi connectivity index (χ2n) is 4.43. The van der Waals surface area contributed by atoms with E-state index in [-0.39, 0.29) is 0 Å². The number of fused-ring (bicyclic) bond motifs is 1. The Labute approximate surface area is 120 Å². The summed E-state index contributed by atoms with van der Waals surface area (Å²) in [5, 5.41) is 0. The van der Waals surface area contributed by atoms with Crippen molar-refractivity contribution in [2.24, 2.45) is 0 Å². The standard InChI is InChI=1S/C16H12N2O3/c19-15(13-9-8-11-7-4-10-17-14(11)13)18-21-16(20)12-5-2-1-3-6-12/h1-10,17H,(H,18,19). The number of rotatable bonds is 2. The fourth-order valence-electron chi connectivity index (χ4n) is 2.05. The van der Waals surface area contributed by atoms with Crippen LogP contribution in [0.15, 0.2) is 60.8 Å². The van der Waals surface area contributed by atoms with E-state index < -0.39 is 11.9 Å². The molecule has 0 fully saturated rings. The first kappa shape index (κ1) is 12.9. The van der Waals surface area contributed by atoms with Crippen LogP contribution in [0.25, 0.3) is 11.3 Å². The van der Waals surface area contributed by atoms with Crippen molar-refractivity contribution in [3.63, 3.8) is 0 Å². The molecule has 2 N–H and O–H groups in total. The van der Waals surface area contributed by atoms with Gasteiger partial charge in [0, 0.05) is 6.20 Å². The van der Waals surface area contributed by atoms with Gasteiger partial charge in [0.1, 0.15) is 0 Å². The van der Waals surface area contributed by atoms with Crippen molar-refractivity contribution in [3.8, 4) is 11.3 Å². The molecule has 1 heterocycles. The number of pyridine rings is 1. The van der Waals surface area contributed by atoms with E-state index in [1.165, 1.54) is 0 Å². The van der Waals surface area contributed by atoms with Crippen molar-refractivity contribution in [3.05, 3.63) is 71.9 Å². The molecule has 0 unspecified atom stereocenters. The molecule has 0 atom stereocenters. The largest absolute Gasteiger partial charge is 0.362 e. The molecule has 5 nitrogen and oxygen atoms in total. The van der Waals surface area contributed by atoms with Crippen LogP contribution in [0.3, 0.4) is 0 Å². The molecule has 3 rings (SSSR count). The van der Waals surface area contributed by atoms with Gasteiger partial charge in [0.2, 0.25) is 0 Å². The van der Waals surface area contributed by atoms with E-state index in [2.05, 4.69) is 10.5 Å². The normalized spacial score (nSPS) is 10.3. The maximum atomic E-state index is 12.0. The van der Waals surface area contributed by atoms with Gasteiger partial charge in [-0.15, -0.1) is 0 Å². The van der Waals surface area contributed by atoms with E-state index in [1.807, 2.05) is 18.2 Å². The summed E-state index contributed by atoms with van der Waals surface area (Å²) < 4.78 is 0.